The molecule has 0 spiro atoms. The first kappa shape index (κ1) is 11.5. The first-order valence-corrected chi connectivity index (χ1v) is 5.84. The minimum Gasteiger partial charge on any atom is -0.493 e. The van der Waals surface area contributed by atoms with Crippen LogP contribution in [0.3, 0.4) is 0 Å². The molecule has 0 saturated carbocycles. The van der Waals surface area contributed by atoms with Crippen LogP contribution in [0.2, 0.25) is 5.02 Å². The van der Waals surface area contributed by atoms with E-state index in [-0.39, 0.29) is 0 Å². The Labute approximate surface area is 101 Å². The zero-order valence-corrected chi connectivity index (χ0v) is 10.2. The van der Waals surface area contributed by atoms with E-state index in [0.29, 0.717) is 0 Å². The van der Waals surface area contributed by atoms with Crippen LogP contribution < -0.4 is 10.1 Å². The lowest BCUT2D eigenvalue weighted by Gasteiger charge is -2.10. The molecule has 0 radical (unpaired) electrons. The molecular formula is C13H16ClNO. The number of hydrogen-bond donors (Lipinski definition) is 1. The number of hydrogen-bond acceptors (Lipinski definition) is 2. The lowest BCUT2D eigenvalue weighted by molar-refractivity contribution is 0.352. The van der Waals surface area contributed by atoms with Crippen LogP contribution in [0, 0.1) is 0 Å². The Hall–Kier alpha value is -0.990. The highest BCUT2D eigenvalue weighted by Crippen LogP contribution is 2.32. The van der Waals surface area contributed by atoms with Gasteiger partial charge in [0.25, 0.3) is 0 Å². The third-order valence-corrected chi connectivity index (χ3v) is 2.79. The summed E-state index contributed by atoms with van der Waals surface area (Å²) >= 11 is 6.07. The molecule has 1 aromatic carbocycles. The third-order valence-electron chi connectivity index (χ3n) is 2.57. The molecule has 2 nitrogen and oxygen atoms in total. The summed E-state index contributed by atoms with van der Waals surface area (Å²) in [5, 5.41) is 4.11. The summed E-state index contributed by atoms with van der Waals surface area (Å²) in [6.45, 7) is 8.22. The van der Waals surface area contributed by atoms with E-state index in [1.807, 2.05) is 19.1 Å². The van der Waals surface area contributed by atoms with Crippen molar-refractivity contribution >= 4 is 11.6 Å². The molecule has 16 heavy (non-hydrogen) atoms. The maximum atomic E-state index is 6.07. The number of halogens is 1. The van der Waals surface area contributed by atoms with E-state index in [4.69, 9.17) is 16.3 Å². The largest absolute Gasteiger partial charge is 0.493 e. The molecule has 1 aliphatic heterocycles. The Balaban J connectivity index is 2.11. The summed E-state index contributed by atoms with van der Waals surface area (Å²) in [7, 11) is 0. The molecule has 86 valence electrons. The minimum absolute atomic E-state index is 0.767. The van der Waals surface area contributed by atoms with E-state index in [9.17, 15) is 0 Å². The van der Waals surface area contributed by atoms with Gasteiger partial charge in [-0.05, 0) is 24.6 Å². The second-order valence-corrected chi connectivity index (χ2v) is 4.65. The number of nitrogens with one attached hydrogen (secondary N) is 1. The first-order valence-electron chi connectivity index (χ1n) is 5.46. The van der Waals surface area contributed by atoms with E-state index in [2.05, 4.69) is 11.9 Å². The van der Waals surface area contributed by atoms with Gasteiger partial charge >= 0.3 is 0 Å². The normalized spacial score (nSPS) is 13.4. The highest BCUT2D eigenvalue weighted by atomic mass is 35.5. The Kier molecular flexibility index (Phi) is 3.52. The van der Waals surface area contributed by atoms with Gasteiger partial charge in [-0.25, -0.2) is 0 Å². The van der Waals surface area contributed by atoms with Crippen LogP contribution in [0.5, 0.6) is 5.75 Å². The Morgan fingerprint density at radius 3 is 3.12 bits per heavy atom. The van der Waals surface area contributed by atoms with Crippen molar-refractivity contribution in [3.63, 3.8) is 0 Å². The van der Waals surface area contributed by atoms with E-state index in [1.54, 1.807) is 0 Å². The second-order valence-electron chi connectivity index (χ2n) is 4.21. The van der Waals surface area contributed by atoms with Gasteiger partial charge in [-0.2, -0.15) is 0 Å². The summed E-state index contributed by atoms with van der Waals surface area (Å²) in [5.41, 5.74) is 3.49. The lowest BCUT2D eigenvalue weighted by Crippen LogP contribution is -2.15. The average molecular weight is 238 g/mol. The van der Waals surface area contributed by atoms with Crippen LogP contribution in [0.4, 0.5) is 0 Å². The summed E-state index contributed by atoms with van der Waals surface area (Å²) in [4.78, 5) is 0. The van der Waals surface area contributed by atoms with Gasteiger partial charge in [0.15, 0.2) is 0 Å². The van der Waals surface area contributed by atoms with E-state index >= 15 is 0 Å². The van der Waals surface area contributed by atoms with Crippen molar-refractivity contribution in [2.24, 2.45) is 0 Å². The van der Waals surface area contributed by atoms with Crippen molar-refractivity contribution in [2.75, 3.05) is 13.2 Å². The van der Waals surface area contributed by atoms with Gasteiger partial charge in [0.05, 0.1) is 6.61 Å². The highest BCUT2D eigenvalue weighted by molar-refractivity contribution is 6.30. The molecule has 0 atom stereocenters. The fourth-order valence-corrected chi connectivity index (χ4v) is 2.15. The SMILES string of the molecule is C=C(C)CNCc1cc(Cl)cc2c1OCC2. The predicted octanol–water partition coefficient (Wildman–Crippen LogP) is 2.94. The molecule has 0 aliphatic carbocycles. The van der Waals surface area contributed by atoms with Gasteiger partial charge in [0.2, 0.25) is 0 Å². The summed E-state index contributed by atoms with van der Waals surface area (Å²) in [6, 6.07) is 3.96. The van der Waals surface area contributed by atoms with Gasteiger partial charge < -0.3 is 10.1 Å². The predicted molar refractivity (Wildman–Crippen MR) is 67.2 cm³/mol. The van der Waals surface area contributed by atoms with Crippen molar-refractivity contribution in [2.45, 2.75) is 19.9 Å². The lowest BCUT2D eigenvalue weighted by atomic mass is 10.1. The zero-order chi connectivity index (χ0) is 11.5. The fraction of sp³-hybridized carbons (Fsp3) is 0.385. The Morgan fingerprint density at radius 2 is 2.38 bits per heavy atom. The van der Waals surface area contributed by atoms with Crippen LogP contribution in [0.25, 0.3) is 0 Å². The van der Waals surface area contributed by atoms with E-state index < -0.39 is 0 Å². The minimum atomic E-state index is 0.767. The standard InChI is InChI=1S/C13H16ClNO/c1-9(2)7-15-8-11-6-12(14)5-10-3-4-16-13(10)11/h5-6,15H,1,3-4,7-8H2,2H3. The van der Waals surface area contributed by atoms with Crippen LogP contribution in [0.15, 0.2) is 24.3 Å². The van der Waals surface area contributed by atoms with Crippen molar-refractivity contribution in [3.05, 3.63) is 40.4 Å². The first-order chi connectivity index (χ1) is 7.66. The van der Waals surface area contributed by atoms with Gasteiger partial charge in [0, 0.05) is 30.1 Å². The van der Waals surface area contributed by atoms with Crippen molar-refractivity contribution < 1.29 is 4.74 Å². The van der Waals surface area contributed by atoms with Crippen LogP contribution in [-0.2, 0) is 13.0 Å². The molecule has 2 rings (SSSR count). The molecule has 0 fully saturated rings. The molecular weight excluding hydrogens is 222 g/mol. The molecule has 0 aromatic heterocycles. The molecule has 1 N–H and O–H groups in total. The maximum absolute atomic E-state index is 6.07. The summed E-state index contributed by atoms with van der Waals surface area (Å²) in [6.07, 6.45) is 0.962. The number of ether oxygens (including phenoxy) is 1. The monoisotopic (exact) mass is 237 g/mol. The average Bonchev–Trinajstić information content (AvgIpc) is 2.64. The molecule has 1 heterocycles. The zero-order valence-electron chi connectivity index (χ0n) is 9.48. The molecule has 0 saturated heterocycles. The summed E-state index contributed by atoms with van der Waals surface area (Å²) < 4.78 is 5.62. The highest BCUT2D eigenvalue weighted by Gasteiger charge is 2.16. The van der Waals surface area contributed by atoms with Crippen LogP contribution >= 0.6 is 11.6 Å². The fourth-order valence-electron chi connectivity index (χ4n) is 1.89. The maximum Gasteiger partial charge on any atom is 0.127 e. The topological polar surface area (TPSA) is 21.3 Å². The van der Waals surface area contributed by atoms with Crippen molar-refractivity contribution in [1.29, 1.82) is 0 Å². The second kappa shape index (κ2) is 4.89. The molecule has 1 aromatic rings. The van der Waals surface area contributed by atoms with E-state index in [0.717, 1.165) is 48.0 Å². The van der Waals surface area contributed by atoms with Gasteiger partial charge in [-0.15, -0.1) is 0 Å². The van der Waals surface area contributed by atoms with Gasteiger partial charge in [-0.3, -0.25) is 0 Å². The Bertz CT molecular complexity index is 415. The number of rotatable bonds is 4. The van der Waals surface area contributed by atoms with Crippen molar-refractivity contribution in [1.82, 2.24) is 5.32 Å². The molecule has 0 bridgehead atoms. The van der Waals surface area contributed by atoms with Crippen molar-refractivity contribution in [3.8, 4) is 5.75 Å². The molecule has 1 aliphatic rings. The van der Waals surface area contributed by atoms with Gasteiger partial charge in [-0.1, -0.05) is 23.8 Å². The Morgan fingerprint density at radius 1 is 1.56 bits per heavy atom. The molecule has 0 amide bonds. The van der Waals surface area contributed by atoms with Gasteiger partial charge in [0.1, 0.15) is 5.75 Å². The molecule has 0 unspecified atom stereocenters. The van der Waals surface area contributed by atoms with E-state index in [1.165, 1.54) is 5.56 Å². The summed E-state index contributed by atoms with van der Waals surface area (Å²) in [5.74, 6) is 1.01. The number of fused-ring (bicyclic) bond motifs is 1. The van der Waals surface area contributed by atoms with Crippen LogP contribution in [-0.4, -0.2) is 13.2 Å². The quantitative estimate of drug-likeness (QED) is 0.813. The number of benzene rings is 1. The smallest absolute Gasteiger partial charge is 0.127 e. The third kappa shape index (κ3) is 2.57. The molecule has 3 heteroatoms. The van der Waals surface area contributed by atoms with Crippen LogP contribution in [0.1, 0.15) is 18.1 Å².